The molecule has 2 aromatic rings. The van der Waals surface area contributed by atoms with Gasteiger partial charge in [-0.1, -0.05) is 0 Å². The molecule has 0 unspecified atom stereocenters. The van der Waals surface area contributed by atoms with Crippen molar-refractivity contribution in [3.05, 3.63) is 42.5 Å². The number of carbonyl (C=O) groups is 1. The lowest BCUT2D eigenvalue weighted by molar-refractivity contribution is -0.120. The van der Waals surface area contributed by atoms with Gasteiger partial charge in [-0.25, -0.2) is 0 Å². The Morgan fingerprint density at radius 2 is 1.68 bits per heavy atom. The van der Waals surface area contributed by atoms with E-state index in [9.17, 15) is 9.90 Å². The summed E-state index contributed by atoms with van der Waals surface area (Å²) in [6, 6.07) is 12.5. The number of amides is 1. The zero-order valence-electron chi connectivity index (χ0n) is 15.9. The molecule has 1 atom stereocenters. The number of benzene rings is 2. The second-order valence-electron chi connectivity index (χ2n) is 7.06. The third kappa shape index (κ3) is 3.99. The van der Waals surface area contributed by atoms with Gasteiger partial charge in [-0.05, 0) is 43.3 Å². The minimum Gasteiger partial charge on any atom is -0.508 e. The number of rotatable bonds is 4. The van der Waals surface area contributed by atoms with E-state index in [4.69, 9.17) is 9.47 Å². The minimum atomic E-state index is -0.227. The van der Waals surface area contributed by atoms with Crippen molar-refractivity contribution in [1.29, 1.82) is 0 Å². The van der Waals surface area contributed by atoms with Crippen LogP contribution >= 0.6 is 0 Å². The van der Waals surface area contributed by atoms with Crippen LogP contribution in [0.3, 0.4) is 0 Å². The summed E-state index contributed by atoms with van der Waals surface area (Å²) in [4.78, 5) is 17.2. The number of phenolic OH excluding ortho intramolecular Hbond substituents is 1. The third-order valence-electron chi connectivity index (χ3n) is 5.27. The molecule has 28 heavy (non-hydrogen) atoms. The highest BCUT2D eigenvalue weighted by Crippen LogP contribution is 2.32. The van der Waals surface area contributed by atoms with Crippen molar-refractivity contribution in [2.45, 2.75) is 13.0 Å². The molecule has 7 nitrogen and oxygen atoms in total. The molecule has 0 saturated carbocycles. The van der Waals surface area contributed by atoms with Crippen LogP contribution in [0.25, 0.3) is 0 Å². The summed E-state index contributed by atoms with van der Waals surface area (Å²) in [6.07, 6.45) is 0. The van der Waals surface area contributed by atoms with Crippen LogP contribution in [0, 0.1) is 0 Å². The molecule has 2 N–H and O–H groups in total. The van der Waals surface area contributed by atoms with E-state index in [-0.39, 0.29) is 17.7 Å². The Hall–Kier alpha value is -2.93. The van der Waals surface area contributed by atoms with Crippen molar-refractivity contribution in [1.82, 2.24) is 4.90 Å². The van der Waals surface area contributed by atoms with Gasteiger partial charge in [0, 0.05) is 43.6 Å². The Morgan fingerprint density at radius 3 is 2.39 bits per heavy atom. The van der Waals surface area contributed by atoms with E-state index in [2.05, 4.69) is 15.1 Å². The highest BCUT2D eigenvalue weighted by atomic mass is 16.6. The average molecular weight is 383 g/mol. The van der Waals surface area contributed by atoms with Crippen LogP contribution in [-0.2, 0) is 4.79 Å². The summed E-state index contributed by atoms with van der Waals surface area (Å²) in [7, 11) is 0. The molecule has 1 amide bonds. The quantitative estimate of drug-likeness (QED) is 0.844. The zero-order valence-corrected chi connectivity index (χ0v) is 15.9. The predicted octanol–water partition coefficient (Wildman–Crippen LogP) is 2.31. The molecule has 0 aliphatic carbocycles. The number of fused-ring (bicyclic) bond motifs is 1. The molecule has 0 aromatic heterocycles. The number of piperazine rings is 1. The van der Waals surface area contributed by atoms with Gasteiger partial charge in [-0.2, -0.15) is 0 Å². The minimum absolute atomic E-state index is 0.0326. The van der Waals surface area contributed by atoms with Gasteiger partial charge in [-0.3, -0.25) is 9.69 Å². The van der Waals surface area contributed by atoms with E-state index in [1.54, 1.807) is 12.1 Å². The van der Waals surface area contributed by atoms with Crippen LogP contribution in [0.15, 0.2) is 42.5 Å². The van der Waals surface area contributed by atoms with Crippen LogP contribution in [0.2, 0.25) is 0 Å². The Kier molecular flexibility index (Phi) is 5.25. The molecule has 2 heterocycles. The second kappa shape index (κ2) is 7.98. The third-order valence-corrected chi connectivity index (χ3v) is 5.27. The number of nitrogens with one attached hydrogen (secondary N) is 1. The molecular weight excluding hydrogens is 358 g/mol. The molecule has 1 fully saturated rings. The van der Waals surface area contributed by atoms with Crippen molar-refractivity contribution in [3.63, 3.8) is 0 Å². The van der Waals surface area contributed by atoms with Crippen molar-refractivity contribution in [2.75, 3.05) is 49.6 Å². The fourth-order valence-electron chi connectivity index (χ4n) is 3.56. The smallest absolute Gasteiger partial charge is 0.241 e. The van der Waals surface area contributed by atoms with Gasteiger partial charge < -0.3 is 24.8 Å². The Bertz CT molecular complexity index is 832. The van der Waals surface area contributed by atoms with Crippen molar-refractivity contribution < 1.29 is 19.4 Å². The van der Waals surface area contributed by atoms with Crippen LogP contribution in [0.4, 0.5) is 11.4 Å². The van der Waals surface area contributed by atoms with E-state index in [1.165, 1.54) is 0 Å². The highest BCUT2D eigenvalue weighted by Gasteiger charge is 2.26. The van der Waals surface area contributed by atoms with Gasteiger partial charge in [0.2, 0.25) is 5.91 Å². The van der Waals surface area contributed by atoms with Crippen LogP contribution < -0.4 is 19.7 Å². The predicted molar refractivity (Wildman–Crippen MR) is 107 cm³/mol. The van der Waals surface area contributed by atoms with Crippen LogP contribution in [0.5, 0.6) is 17.2 Å². The molecule has 0 spiro atoms. The Morgan fingerprint density at radius 1 is 1.00 bits per heavy atom. The van der Waals surface area contributed by atoms with Gasteiger partial charge in [0.25, 0.3) is 0 Å². The maximum atomic E-state index is 12.7. The first-order valence-electron chi connectivity index (χ1n) is 9.59. The lowest BCUT2D eigenvalue weighted by atomic mass is 10.2. The van der Waals surface area contributed by atoms with E-state index in [0.29, 0.717) is 30.4 Å². The highest BCUT2D eigenvalue weighted by molar-refractivity contribution is 5.94. The maximum Gasteiger partial charge on any atom is 0.241 e. The molecule has 1 saturated heterocycles. The molecule has 0 radical (unpaired) electrons. The number of nitrogens with zero attached hydrogens (tertiary/aromatic N) is 2. The summed E-state index contributed by atoms with van der Waals surface area (Å²) >= 11 is 0. The van der Waals surface area contributed by atoms with Crippen molar-refractivity contribution in [2.24, 2.45) is 0 Å². The van der Waals surface area contributed by atoms with E-state index >= 15 is 0 Å². The van der Waals surface area contributed by atoms with Crippen LogP contribution in [0.1, 0.15) is 6.92 Å². The van der Waals surface area contributed by atoms with Crippen molar-refractivity contribution in [3.8, 4) is 17.2 Å². The normalized spacial score (nSPS) is 17.8. The van der Waals surface area contributed by atoms with Gasteiger partial charge in [-0.15, -0.1) is 0 Å². The number of ether oxygens (including phenoxy) is 2. The second-order valence-corrected chi connectivity index (χ2v) is 7.06. The zero-order chi connectivity index (χ0) is 19.5. The first kappa shape index (κ1) is 18.4. The lowest BCUT2D eigenvalue weighted by Gasteiger charge is -2.38. The number of phenols is 1. The molecule has 2 aliphatic heterocycles. The number of hydrogen-bond donors (Lipinski definition) is 2. The SMILES string of the molecule is C[C@H](C(=O)Nc1ccc2c(c1)OCCO2)N1CCN(c2ccc(O)cc2)CC1. The summed E-state index contributed by atoms with van der Waals surface area (Å²) in [5, 5.41) is 12.4. The Balaban J connectivity index is 1.32. The number of aromatic hydroxyl groups is 1. The summed E-state index contributed by atoms with van der Waals surface area (Å²) < 4.78 is 11.1. The number of hydrogen-bond acceptors (Lipinski definition) is 6. The largest absolute Gasteiger partial charge is 0.508 e. The number of anilines is 2. The standard InChI is InChI=1S/C21H25N3O4/c1-15(21(26)22-16-2-7-19-20(14-16)28-13-12-27-19)23-8-10-24(11-9-23)17-3-5-18(25)6-4-17/h2-7,14-15,25H,8-13H2,1H3,(H,22,26)/t15-/m1/s1. The fourth-order valence-corrected chi connectivity index (χ4v) is 3.56. The van der Waals surface area contributed by atoms with Gasteiger partial charge in [0.15, 0.2) is 11.5 Å². The summed E-state index contributed by atoms with van der Waals surface area (Å²) in [5.41, 5.74) is 1.80. The molecule has 4 rings (SSSR count). The first-order chi connectivity index (χ1) is 13.6. The van der Waals surface area contributed by atoms with E-state index < -0.39 is 0 Å². The van der Waals surface area contributed by atoms with Crippen molar-refractivity contribution >= 4 is 17.3 Å². The molecule has 2 aromatic carbocycles. The fraction of sp³-hybridized carbons (Fsp3) is 0.381. The van der Waals surface area contributed by atoms with Gasteiger partial charge in [0.05, 0.1) is 6.04 Å². The molecule has 7 heteroatoms. The molecule has 2 aliphatic rings. The van der Waals surface area contributed by atoms with E-state index in [0.717, 1.165) is 31.9 Å². The monoisotopic (exact) mass is 383 g/mol. The number of carbonyl (C=O) groups excluding carboxylic acids is 1. The molecule has 0 bridgehead atoms. The van der Waals surface area contributed by atoms with E-state index in [1.807, 2.05) is 37.3 Å². The Labute approximate surface area is 164 Å². The van der Waals surface area contributed by atoms with Gasteiger partial charge in [0.1, 0.15) is 19.0 Å². The maximum absolute atomic E-state index is 12.7. The first-order valence-corrected chi connectivity index (χ1v) is 9.59. The lowest BCUT2D eigenvalue weighted by Crippen LogP contribution is -2.52. The molecule has 148 valence electrons. The van der Waals surface area contributed by atoms with Gasteiger partial charge >= 0.3 is 0 Å². The topological polar surface area (TPSA) is 74.3 Å². The summed E-state index contributed by atoms with van der Waals surface area (Å²) in [6.45, 7) is 6.29. The summed E-state index contributed by atoms with van der Waals surface area (Å²) in [5.74, 6) is 1.61. The van der Waals surface area contributed by atoms with Crippen LogP contribution in [-0.4, -0.2) is 61.3 Å². The average Bonchev–Trinajstić information content (AvgIpc) is 2.74. The molecular formula is C21H25N3O4.